The van der Waals surface area contributed by atoms with E-state index in [1.165, 1.54) is 0 Å². The van der Waals surface area contributed by atoms with E-state index in [0.717, 1.165) is 75.7 Å². The molecule has 0 radical (unpaired) electrons. The van der Waals surface area contributed by atoms with E-state index < -0.39 is 0 Å². The van der Waals surface area contributed by atoms with Crippen molar-refractivity contribution in [3.63, 3.8) is 0 Å². The summed E-state index contributed by atoms with van der Waals surface area (Å²) in [5, 5.41) is 3.33. The molecule has 3 rings (SSSR count). The number of carbonyl (C=O) groups is 1. The second kappa shape index (κ2) is 10.00. The first kappa shape index (κ1) is 20.8. The van der Waals surface area contributed by atoms with E-state index in [1.54, 1.807) is 14.2 Å². The zero-order valence-electron chi connectivity index (χ0n) is 15.7. The molecular weight excluding hydrogens is 354 g/mol. The fraction of sp³-hybridized carbons (Fsp3) is 0.632. The van der Waals surface area contributed by atoms with Crippen molar-refractivity contribution >= 4 is 18.3 Å². The van der Waals surface area contributed by atoms with Gasteiger partial charge in [-0.1, -0.05) is 0 Å². The molecule has 2 aliphatic heterocycles. The second-order valence-corrected chi connectivity index (χ2v) is 6.80. The van der Waals surface area contributed by atoms with Crippen molar-refractivity contribution in [3.05, 3.63) is 23.8 Å². The number of methoxy groups -OCH3 is 2. The van der Waals surface area contributed by atoms with Crippen LogP contribution in [-0.4, -0.2) is 69.2 Å². The Balaban J connectivity index is 0.00000243. The maximum Gasteiger partial charge on any atom is 0.225 e. The van der Waals surface area contributed by atoms with Gasteiger partial charge in [-0.15, -0.1) is 12.4 Å². The van der Waals surface area contributed by atoms with Crippen LogP contribution in [0.3, 0.4) is 0 Å². The Hall–Kier alpha value is -1.50. The molecule has 0 spiro atoms. The van der Waals surface area contributed by atoms with E-state index in [9.17, 15) is 4.79 Å². The normalized spacial score (nSPS) is 18.9. The number of hydrogen-bond donors (Lipinski definition) is 1. The van der Waals surface area contributed by atoms with Crippen LogP contribution in [0, 0.1) is 5.92 Å². The number of carbonyl (C=O) groups excluding carboxylic acids is 1. The Labute approximate surface area is 162 Å². The number of nitrogens with zero attached hydrogens (tertiary/aromatic N) is 2. The molecule has 1 aromatic carbocycles. The molecule has 2 heterocycles. The minimum Gasteiger partial charge on any atom is -0.497 e. The molecule has 1 amide bonds. The molecule has 1 aromatic rings. The molecular formula is C19H30ClN3O3. The van der Waals surface area contributed by atoms with Gasteiger partial charge in [-0.25, -0.2) is 0 Å². The minimum atomic E-state index is 0. The van der Waals surface area contributed by atoms with Crippen molar-refractivity contribution in [3.8, 4) is 11.5 Å². The zero-order valence-corrected chi connectivity index (χ0v) is 16.5. The number of benzene rings is 1. The molecule has 0 aliphatic carbocycles. The van der Waals surface area contributed by atoms with Gasteiger partial charge in [0.05, 0.1) is 14.2 Å². The van der Waals surface area contributed by atoms with Gasteiger partial charge in [0.25, 0.3) is 0 Å². The highest BCUT2D eigenvalue weighted by molar-refractivity contribution is 5.85. The van der Waals surface area contributed by atoms with Gasteiger partial charge < -0.3 is 19.7 Å². The summed E-state index contributed by atoms with van der Waals surface area (Å²) < 4.78 is 10.8. The molecule has 1 N–H and O–H groups in total. The van der Waals surface area contributed by atoms with Crippen molar-refractivity contribution in [1.82, 2.24) is 15.1 Å². The predicted octanol–water partition coefficient (Wildman–Crippen LogP) is 1.77. The van der Waals surface area contributed by atoms with E-state index >= 15 is 0 Å². The minimum absolute atomic E-state index is 0. The third-order valence-electron chi connectivity index (χ3n) is 5.25. The monoisotopic (exact) mass is 383 g/mol. The molecule has 0 aromatic heterocycles. The van der Waals surface area contributed by atoms with Gasteiger partial charge in [0, 0.05) is 44.2 Å². The molecule has 2 fully saturated rings. The third kappa shape index (κ3) is 5.02. The van der Waals surface area contributed by atoms with Crippen LogP contribution in [0.15, 0.2) is 18.2 Å². The molecule has 2 saturated heterocycles. The van der Waals surface area contributed by atoms with Crippen LogP contribution in [0.1, 0.15) is 18.4 Å². The van der Waals surface area contributed by atoms with Crippen molar-refractivity contribution in [2.75, 3.05) is 53.5 Å². The summed E-state index contributed by atoms with van der Waals surface area (Å²) in [7, 11) is 3.37. The van der Waals surface area contributed by atoms with Crippen LogP contribution >= 0.6 is 12.4 Å². The smallest absolute Gasteiger partial charge is 0.225 e. The molecule has 0 saturated carbocycles. The lowest BCUT2D eigenvalue weighted by Crippen LogP contribution is -2.51. The summed E-state index contributed by atoms with van der Waals surface area (Å²) in [6.07, 6.45) is 1.94. The Bertz CT molecular complexity index is 585. The lowest BCUT2D eigenvalue weighted by Gasteiger charge is -2.37. The van der Waals surface area contributed by atoms with E-state index in [2.05, 4.69) is 15.1 Å². The summed E-state index contributed by atoms with van der Waals surface area (Å²) in [5.41, 5.74) is 1.12. The van der Waals surface area contributed by atoms with Crippen molar-refractivity contribution in [2.24, 2.45) is 5.92 Å². The SMILES string of the molecule is COc1ccc(OC)c(CN2CCN(C(=O)C3CCNCC3)CC2)c1.Cl. The zero-order chi connectivity index (χ0) is 17.6. The second-order valence-electron chi connectivity index (χ2n) is 6.80. The average Bonchev–Trinajstić information content (AvgIpc) is 2.68. The number of amides is 1. The molecule has 0 atom stereocenters. The lowest BCUT2D eigenvalue weighted by atomic mass is 9.96. The molecule has 2 aliphatic rings. The third-order valence-corrected chi connectivity index (χ3v) is 5.25. The molecule has 6 nitrogen and oxygen atoms in total. The average molecular weight is 384 g/mol. The quantitative estimate of drug-likeness (QED) is 0.839. The first-order valence-electron chi connectivity index (χ1n) is 9.14. The summed E-state index contributed by atoms with van der Waals surface area (Å²) >= 11 is 0. The highest BCUT2D eigenvalue weighted by Gasteiger charge is 2.28. The van der Waals surface area contributed by atoms with E-state index in [4.69, 9.17) is 9.47 Å². The maximum absolute atomic E-state index is 12.6. The highest BCUT2D eigenvalue weighted by Crippen LogP contribution is 2.26. The number of nitrogens with one attached hydrogen (secondary N) is 1. The Morgan fingerprint density at radius 1 is 1.12 bits per heavy atom. The van der Waals surface area contributed by atoms with Crippen molar-refractivity contribution < 1.29 is 14.3 Å². The fourth-order valence-electron chi connectivity index (χ4n) is 3.70. The first-order valence-corrected chi connectivity index (χ1v) is 9.14. The topological polar surface area (TPSA) is 54.0 Å². The number of ether oxygens (including phenoxy) is 2. The van der Waals surface area contributed by atoms with E-state index in [0.29, 0.717) is 5.91 Å². The van der Waals surface area contributed by atoms with Crippen LogP contribution in [0.2, 0.25) is 0 Å². The number of rotatable bonds is 5. The number of piperidine rings is 1. The van der Waals surface area contributed by atoms with Gasteiger partial charge >= 0.3 is 0 Å². The van der Waals surface area contributed by atoms with Crippen LogP contribution < -0.4 is 14.8 Å². The maximum atomic E-state index is 12.6. The molecule has 146 valence electrons. The summed E-state index contributed by atoms with van der Waals surface area (Å²) in [6.45, 7) is 6.17. The van der Waals surface area contributed by atoms with Gasteiger partial charge in [-0.3, -0.25) is 9.69 Å². The lowest BCUT2D eigenvalue weighted by molar-refractivity contribution is -0.138. The molecule has 7 heteroatoms. The van der Waals surface area contributed by atoms with E-state index in [1.807, 2.05) is 18.2 Å². The van der Waals surface area contributed by atoms with Crippen LogP contribution in [-0.2, 0) is 11.3 Å². The van der Waals surface area contributed by atoms with Gasteiger partial charge in [0.1, 0.15) is 11.5 Å². The van der Waals surface area contributed by atoms with Crippen molar-refractivity contribution in [1.29, 1.82) is 0 Å². The summed E-state index contributed by atoms with van der Waals surface area (Å²) in [5.74, 6) is 2.29. The molecule has 0 bridgehead atoms. The Kier molecular flexibility index (Phi) is 8.00. The Morgan fingerprint density at radius 3 is 2.42 bits per heavy atom. The predicted molar refractivity (Wildman–Crippen MR) is 104 cm³/mol. The summed E-state index contributed by atoms with van der Waals surface area (Å²) in [4.78, 5) is 17.1. The van der Waals surface area contributed by atoms with Crippen LogP contribution in [0.4, 0.5) is 0 Å². The number of halogens is 1. The summed E-state index contributed by atoms with van der Waals surface area (Å²) in [6, 6.07) is 5.90. The van der Waals surface area contributed by atoms with Gasteiger partial charge in [-0.2, -0.15) is 0 Å². The largest absolute Gasteiger partial charge is 0.497 e. The fourth-order valence-corrected chi connectivity index (χ4v) is 3.70. The van der Waals surface area contributed by atoms with Crippen molar-refractivity contribution in [2.45, 2.75) is 19.4 Å². The number of piperazine rings is 1. The Morgan fingerprint density at radius 2 is 1.81 bits per heavy atom. The molecule has 0 unspecified atom stereocenters. The van der Waals surface area contributed by atoms with Gasteiger partial charge in [0.2, 0.25) is 5.91 Å². The first-order chi connectivity index (χ1) is 12.2. The van der Waals surface area contributed by atoms with Crippen LogP contribution in [0.25, 0.3) is 0 Å². The van der Waals surface area contributed by atoms with Gasteiger partial charge in [-0.05, 0) is 44.1 Å². The van der Waals surface area contributed by atoms with Gasteiger partial charge in [0.15, 0.2) is 0 Å². The number of hydrogen-bond acceptors (Lipinski definition) is 5. The molecule has 26 heavy (non-hydrogen) atoms. The van der Waals surface area contributed by atoms with E-state index in [-0.39, 0.29) is 18.3 Å². The van der Waals surface area contributed by atoms with Crippen LogP contribution in [0.5, 0.6) is 11.5 Å². The standard InChI is InChI=1S/C19H29N3O3.ClH/c1-24-17-3-4-18(25-2)16(13-17)14-21-9-11-22(12-10-21)19(23)15-5-7-20-8-6-15;/h3-4,13,15,20H,5-12,14H2,1-2H3;1H. The highest BCUT2D eigenvalue weighted by atomic mass is 35.5.